The topological polar surface area (TPSA) is 17.1 Å². The van der Waals surface area contributed by atoms with Crippen molar-refractivity contribution < 1.29 is 4.79 Å². The van der Waals surface area contributed by atoms with Crippen molar-refractivity contribution in [3.63, 3.8) is 0 Å². The Bertz CT molecular complexity index is 177. The summed E-state index contributed by atoms with van der Waals surface area (Å²) < 4.78 is 0. The lowest BCUT2D eigenvalue weighted by molar-refractivity contribution is -0.118. The Morgan fingerprint density at radius 2 is 1.91 bits per heavy atom. The van der Waals surface area contributed by atoms with E-state index in [0.29, 0.717) is 12.2 Å². The third-order valence-electron chi connectivity index (χ3n) is 1.78. The number of carbonyl (C=O) groups excluding carboxylic acids is 1. The summed E-state index contributed by atoms with van der Waals surface area (Å²) in [5.74, 6) is 0.372. The predicted octanol–water partition coefficient (Wildman–Crippen LogP) is 2.63. The second kappa shape index (κ2) is 4.89. The molecule has 1 heteroatoms. The van der Waals surface area contributed by atoms with Crippen LogP contribution in [0.3, 0.4) is 0 Å². The van der Waals surface area contributed by atoms with Gasteiger partial charge in [-0.05, 0) is 19.3 Å². The van der Waals surface area contributed by atoms with Crippen molar-refractivity contribution in [2.24, 2.45) is 0 Å². The van der Waals surface area contributed by atoms with E-state index in [2.05, 4.69) is 18.2 Å². The summed E-state index contributed by atoms with van der Waals surface area (Å²) >= 11 is 0. The molecule has 60 valence electrons. The van der Waals surface area contributed by atoms with Crippen LogP contribution in [0.2, 0.25) is 0 Å². The Morgan fingerprint density at radius 3 is 2.82 bits per heavy atom. The normalized spacial score (nSPS) is 26.0. The number of carbonyl (C=O) groups is 1. The quantitative estimate of drug-likeness (QED) is 0.485. The van der Waals surface area contributed by atoms with Crippen LogP contribution in [0.25, 0.3) is 0 Å². The second-order valence-corrected chi connectivity index (χ2v) is 2.81. The van der Waals surface area contributed by atoms with Gasteiger partial charge in [-0.3, -0.25) is 4.79 Å². The molecular weight excluding hydrogens is 136 g/mol. The monoisotopic (exact) mass is 150 g/mol. The van der Waals surface area contributed by atoms with Crippen molar-refractivity contribution in [3.8, 4) is 0 Å². The number of hydrogen-bond donors (Lipinski definition) is 0. The molecule has 0 atom stereocenters. The van der Waals surface area contributed by atoms with E-state index in [0.717, 1.165) is 25.7 Å². The van der Waals surface area contributed by atoms with Gasteiger partial charge in [-0.25, -0.2) is 0 Å². The van der Waals surface area contributed by atoms with E-state index in [1.54, 1.807) is 0 Å². The van der Waals surface area contributed by atoms with E-state index in [4.69, 9.17) is 0 Å². The molecule has 0 heterocycles. The van der Waals surface area contributed by atoms with Gasteiger partial charge in [-0.1, -0.05) is 24.3 Å². The average Bonchev–Trinajstić information content (AvgIpc) is 2.03. The molecular formula is C10H14O. The number of ketones is 1. The molecule has 0 aromatic heterocycles. The van der Waals surface area contributed by atoms with Crippen molar-refractivity contribution in [1.29, 1.82) is 0 Å². The highest BCUT2D eigenvalue weighted by molar-refractivity contribution is 5.79. The summed E-state index contributed by atoms with van der Waals surface area (Å²) in [6.45, 7) is 0. The van der Waals surface area contributed by atoms with Gasteiger partial charge in [0.2, 0.25) is 0 Å². The average molecular weight is 150 g/mol. The van der Waals surface area contributed by atoms with E-state index < -0.39 is 0 Å². The number of rotatable bonds is 0. The summed E-state index contributed by atoms with van der Waals surface area (Å²) in [5, 5.41) is 0. The van der Waals surface area contributed by atoms with Gasteiger partial charge >= 0.3 is 0 Å². The van der Waals surface area contributed by atoms with Crippen LogP contribution in [-0.2, 0) is 4.79 Å². The first kappa shape index (κ1) is 8.25. The summed E-state index contributed by atoms with van der Waals surface area (Å²) in [7, 11) is 0. The maximum atomic E-state index is 11.0. The van der Waals surface area contributed by atoms with Crippen molar-refractivity contribution in [2.75, 3.05) is 0 Å². The lowest BCUT2D eigenvalue weighted by atomic mass is 10.1. The van der Waals surface area contributed by atoms with E-state index >= 15 is 0 Å². The molecule has 0 unspecified atom stereocenters. The zero-order chi connectivity index (χ0) is 7.94. The standard InChI is InChI=1S/C10H14O/c11-10-8-6-4-2-1-3-5-7-9-10/h1-2,5,7H,3-4,6,8-9H2/b2-1+,7-5+. The molecule has 11 heavy (non-hydrogen) atoms. The Balaban J connectivity index is 2.40. The van der Waals surface area contributed by atoms with Crippen molar-refractivity contribution in [2.45, 2.75) is 32.1 Å². The summed E-state index contributed by atoms with van der Waals surface area (Å²) in [6.07, 6.45) is 12.8. The molecule has 1 aliphatic rings. The zero-order valence-corrected chi connectivity index (χ0v) is 6.75. The van der Waals surface area contributed by atoms with Gasteiger partial charge in [0.1, 0.15) is 5.78 Å². The summed E-state index contributed by atoms with van der Waals surface area (Å²) in [6, 6.07) is 0. The molecule has 0 saturated carbocycles. The van der Waals surface area contributed by atoms with E-state index in [1.165, 1.54) is 0 Å². The number of hydrogen-bond acceptors (Lipinski definition) is 1. The van der Waals surface area contributed by atoms with E-state index in [9.17, 15) is 4.79 Å². The largest absolute Gasteiger partial charge is 0.299 e. The van der Waals surface area contributed by atoms with Crippen LogP contribution in [0, 0.1) is 0 Å². The van der Waals surface area contributed by atoms with Crippen LogP contribution in [0.15, 0.2) is 24.3 Å². The van der Waals surface area contributed by atoms with Crippen molar-refractivity contribution >= 4 is 5.78 Å². The molecule has 0 bridgehead atoms. The molecule has 0 aliphatic heterocycles. The fourth-order valence-electron chi connectivity index (χ4n) is 1.12. The lowest BCUT2D eigenvalue weighted by Gasteiger charge is -1.96. The van der Waals surface area contributed by atoms with Gasteiger partial charge < -0.3 is 0 Å². The second-order valence-electron chi connectivity index (χ2n) is 2.81. The molecule has 0 amide bonds. The van der Waals surface area contributed by atoms with Gasteiger partial charge in [0.25, 0.3) is 0 Å². The van der Waals surface area contributed by atoms with E-state index in [-0.39, 0.29) is 0 Å². The smallest absolute Gasteiger partial charge is 0.136 e. The molecule has 0 fully saturated rings. The molecule has 1 aliphatic carbocycles. The van der Waals surface area contributed by atoms with Gasteiger partial charge in [0, 0.05) is 12.8 Å². The Kier molecular flexibility index (Phi) is 3.67. The highest BCUT2D eigenvalue weighted by Gasteiger charge is 1.97. The van der Waals surface area contributed by atoms with Crippen LogP contribution in [0.4, 0.5) is 0 Å². The highest BCUT2D eigenvalue weighted by Crippen LogP contribution is 2.04. The minimum atomic E-state index is 0.372. The van der Waals surface area contributed by atoms with Gasteiger partial charge in [-0.15, -0.1) is 0 Å². The summed E-state index contributed by atoms with van der Waals surface area (Å²) in [4.78, 5) is 11.0. The fourth-order valence-corrected chi connectivity index (χ4v) is 1.12. The van der Waals surface area contributed by atoms with Crippen molar-refractivity contribution in [1.82, 2.24) is 0 Å². The third-order valence-corrected chi connectivity index (χ3v) is 1.78. The maximum absolute atomic E-state index is 11.0. The van der Waals surface area contributed by atoms with Gasteiger partial charge in [-0.2, -0.15) is 0 Å². The molecule has 0 spiro atoms. The van der Waals surface area contributed by atoms with Crippen LogP contribution in [-0.4, -0.2) is 5.78 Å². The van der Waals surface area contributed by atoms with Crippen LogP contribution < -0.4 is 0 Å². The van der Waals surface area contributed by atoms with Gasteiger partial charge in [0.05, 0.1) is 0 Å². The number of allylic oxidation sites excluding steroid dienone is 4. The van der Waals surface area contributed by atoms with Crippen LogP contribution >= 0.6 is 0 Å². The predicted molar refractivity (Wildman–Crippen MR) is 46.4 cm³/mol. The van der Waals surface area contributed by atoms with Crippen molar-refractivity contribution in [3.05, 3.63) is 24.3 Å². The molecule has 0 N–H and O–H groups in total. The lowest BCUT2D eigenvalue weighted by Crippen LogP contribution is -1.95. The molecule has 1 nitrogen and oxygen atoms in total. The van der Waals surface area contributed by atoms with Crippen LogP contribution in [0.1, 0.15) is 32.1 Å². The van der Waals surface area contributed by atoms with Gasteiger partial charge in [0.15, 0.2) is 0 Å². The first-order valence-electron chi connectivity index (χ1n) is 4.21. The minimum absolute atomic E-state index is 0.372. The highest BCUT2D eigenvalue weighted by atomic mass is 16.1. The molecule has 0 aromatic rings. The van der Waals surface area contributed by atoms with E-state index in [1.807, 2.05) is 6.08 Å². The molecule has 0 radical (unpaired) electrons. The molecule has 0 aromatic carbocycles. The Labute approximate surface area is 67.8 Å². The van der Waals surface area contributed by atoms with Crippen LogP contribution in [0.5, 0.6) is 0 Å². The molecule has 0 saturated heterocycles. The minimum Gasteiger partial charge on any atom is -0.299 e. The summed E-state index contributed by atoms with van der Waals surface area (Å²) in [5.41, 5.74) is 0. The maximum Gasteiger partial charge on any atom is 0.136 e. The zero-order valence-electron chi connectivity index (χ0n) is 6.75. The SMILES string of the molecule is O=C1C/C=C/C/C=C/CCC1. The first-order chi connectivity index (χ1) is 5.39. The first-order valence-corrected chi connectivity index (χ1v) is 4.21. The third kappa shape index (κ3) is 3.76. The number of Topliss-reactive ketones (excluding diaryl/α,β-unsaturated/α-hetero) is 1. The fraction of sp³-hybridized carbons (Fsp3) is 0.500. The molecule has 1 rings (SSSR count). The Hall–Kier alpha value is -0.850. The Morgan fingerprint density at radius 1 is 1.09 bits per heavy atom.